The third kappa shape index (κ3) is 33.5. The summed E-state index contributed by atoms with van der Waals surface area (Å²) in [6.07, 6.45) is 32.1. The van der Waals surface area contributed by atoms with Crippen molar-refractivity contribution in [3.63, 3.8) is 0 Å². The minimum atomic E-state index is -4.55. The first kappa shape index (κ1) is 46.2. The topological polar surface area (TPSA) is 108 Å². The van der Waals surface area contributed by atoms with Crippen molar-refractivity contribution in [3.8, 4) is 0 Å². The van der Waals surface area contributed by atoms with Gasteiger partial charge >= 0.3 is 0 Å². The van der Waals surface area contributed by atoms with E-state index in [9.17, 15) is 19.4 Å². The second-order valence-electron chi connectivity index (χ2n) is 14.6. The number of carbonyl (C=O) groups is 1. The number of allylic oxidation sites excluding steroid dienone is 2. The van der Waals surface area contributed by atoms with Crippen molar-refractivity contribution in [1.82, 2.24) is 5.32 Å². The third-order valence-electron chi connectivity index (χ3n) is 8.75. The number of amides is 1. The molecule has 0 aliphatic rings. The summed E-state index contributed by atoms with van der Waals surface area (Å²) in [6.45, 7) is 4.67. The fourth-order valence-corrected chi connectivity index (χ4v) is 6.28. The SMILES string of the molecule is CCCCCCCC/C=C\CCCCCCCC(=O)NC(COP(=O)([O-])OCC[N+](C)(C)C)C(O)CCCCCCCCCCCC. The molecule has 0 fully saturated rings. The van der Waals surface area contributed by atoms with E-state index in [0.29, 0.717) is 23.9 Å². The third-order valence-corrected chi connectivity index (χ3v) is 9.72. The number of nitrogens with zero attached hydrogens (tertiary/aromatic N) is 1. The molecule has 9 heteroatoms. The highest BCUT2D eigenvalue weighted by atomic mass is 31.2. The molecular formula is C38H77N2O6P. The van der Waals surface area contributed by atoms with Gasteiger partial charge in [-0.15, -0.1) is 0 Å². The van der Waals surface area contributed by atoms with Gasteiger partial charge in [0, 0.05) is 6.42 Å². The summed E-state index contributed by atoms with van der Waals surface area (Å²) in [5.41, 5.74) is 0. The van der Waals surface area contributed by atoms with Crippen LogP contribution in [0, 0.1) is 0 Å². The number of aliphatic hydroxyl groups is 1. The van der Waals surface area contributed by atoms with Gasteiger partial charge in [-0.1, -0.05) is 142 Å². The molecule has 47 heavy (non-hydrogen) atoms. The molecule has 8 nitrogen and oxygen atoms in total. The van der Waals surface area contributed by atoms with E-state index < -0.39 is 20.0 Å². The van der Waals surface area contributed by atoms with E-state index in [1.165, 1.54) is 96.3 Å². The fourth-order valence-electron chi connectivity index (χ4n) is 5.56. The Morgan fingerprint density at radius 1 is 0.723 bits per heavy atom. The largest absolute Gasteiger partial charge is 0.756 e. The molecule has 0 saturated heterocycles. The van der Waals surface area contributed by atoms with Crippen molar-refractivity contribution in [2.45, 2.75) is 187 Å². The van der Waals surface area contributed by atoms with Gasteiger partial charge in [0.2, 0.25) is 5.91 Å². The Balaban J connectivity index is 4.43. The number of phosphoric ester groups is 1. The number of likely N-dealkylation sites (N-methyl/N-ethyl adjacent to an activating group) is 1. The lowest BCUT2D eigenvalue weighted by Gasteiger charge is -2.30. The van der Waals surface area contributed by atoms with Gasteiger partial charge in [0.05, 0.1) is 39.9 Å². The van der Waals surface area contributed by atoms with Crippen LogP contribution in [-0.2, 0) is 18.4 Å². The van der Waals surface area contributed by atoms with Gasteiger partial charge in [-0.2, -0.15) is 0 Å². The van der Waals surface area contributed by atoms with E-state index in [2.05, 4.69) is 31.3 Å². The van der Waals surface area contributed by atoms with Crippen LogP contribution >= 0.6 is 7.82 Å². The zero-order chi connectivity index (χ0) is 35.1. The van der Waals surface area contributed by atoms with Gasteiger partial charge in [0.15, 0.2) is 0 Å². The number of aliphatic hydroxyl groups excluding tert-OH is 1. The molecule has 1 amide bonds. The number of nitrogens with one attached hydrogen (secondary N) is 1. The Labute approximate surface area is 291 Å². The van der Waals surface area contributed by atoms with E-state index in [0.717, 1.165) is 51.4 Å². The molecule has 0 aromatic heterocycles. The second-order valence-corrected chi connectivity index (χ2v) is 16.0. The van der Waals surface area contributed by atoms with E-state index in [1.54, 1.807) is 0 Å². The molecule has 0 aliphatic carbocycles. The predicted octanol–water partition coefficient (Wildman–Crippen LogP) is 9.39. The number of quaternary nitrogens is 1. The van der Waals surface area contributed by atoms with Crippen LogP contribution < -0.4 is 10.2 Å². The lowest BCUT2D eigenvalue weighted by molar-refractivity contribution is -0.870. The van der Waals surface area contributed by atoms with Gasteiger partial charge in [-0.05, 0) is 38.5 Å². The molecule has 0 aliphatic heterocycles. The lowest BCUT2D eigenvalue weighted by Crippen LogP contribution is -2.46. The smallest absolute Gasteiger partial charge is 0.268 e. The van der Waals surface area contributed by atoms with Crippen molar-refractivity contribution in [2.24, 2.45) is 0 Å². The van der Waals surface area contributed by atoms with Crippen LogP contribution in [0.15, 0.2) is 12.2 Å². The number of rotatable bonds is 35. The predicted molar refractivity (Wildman–Crippen MR) is 196 cm³/mol. The zero-order valence-corrected chi connectivity index (χ0v) is 32.4. The maximum Gasteiger partial charge on any atom is 0.268 e. The number of carbonyl (C=O) groups excluding carboxylic acids is 1. The number of unbranched alkanes of at least 4 members (excludes halogenated alkanes) is 20. The van der Waals surface area contributed by atoms with Crippen LogP contribution in [0.1, 0.15) is 174 Å². The molecule has 280 valence electrons. The molecule has 2 N–H and O–H groups in total. The number of phosphoric acid groups is 1. The Hall–Kier alpha value is -0.760. The van der Waals surface area contributed by atoms with E-state index in [4.69, 9.17) is 9.05 Å². The lowest BCUT2D eigenvalue weighted by atomic mass is 10.0. The molecule has 0 radical (unpaired) electrons. The highest BCUT2D eigenvalue weighted by Crippen LogP contribution is 2.38. The van der Waals surface area contributed by atoms with Gasteiger partial charge in [-0.25, -0.2) is 0 Å². The molecule has 0 heterocycles. The molecule has 0 bridgehead atoms. The van der Waals surface area contributed by atoms with Crippen molar-refractivity contribution in [3.05, 3.63) is 12.2 Å². The highest BCUT2D eigenvalue weighted by Gasteiger charge is 2.24. The normalized spacial score (nSPS) is 14.8. The van der Waals surface area contributed by atoms with E-state index in [-0.39, 0.29) is 19.1 Å². The molecule has 0 saturated carbocycles. The summed E-state index contributed by atoms with van der Waals surface area (Å²) in [5, 5.41) is 13.8. The van der Waals surface area contributed by atoms with Crippen LogP contribution in [0.4, 0.5) is 0 Å². The summed E-state index contributed by atoms with van der Waals surface area (Å²) in [5.74, 6) is -0.176. The molecule has 0 aromatic rings. The highest BCUT2D eigenvalue weighted by molar-refractivity contribution is 7.45. The van der Waals surface area contributed by atoms with E-state index >= 15 is 0 Å². The van der Waals surface area contributed by atoms with Crippen LogP contribution in [0.5, 0.6) is 0 Å². The van der Waals surface area contributed by atoms with Crippen LogP contribution in [0.2, 0.25) is 0 Å². The average molecular weight is 689 g/mol. The summed E-state index contributed by atoms with van der Waals surface area (Å²) in [6, 6.07) is -0.798. The monoisotopic (exact) mass is 689 g/mol. The second kappa shape index (κ2) is 31.2. The zero-order valence-electron chi connectivity index (χ0n) is 31.5. The minimum Gasteiger partial charge on any atom is -0.756 e. The van der Waals surface area contributed by atoms with Crippen LogP contribution in [0.25, 0.3) is 0 Å². The Morgan fingerprint density at radius 2 is 1.17 bits per heavy atom. The first-order valence-electron chi connectivity index (χ1n) is 19.5. The Bertz CT molecular complexity index is 789. The van der Waals surface area contributed by atoms with Gasteiger partial charge in [0.25, 0.3) is 7.82 Å². The summed E-state index contributed by atoms with van der Waals surface area (Å²) in [4.78, 5) is 25.2. The Kier molecular flexibility index (Phi) is 30.7. The molecule has 0 spiro atoms. The van der Waals surface area contributed by atoms with Gasteiger partial charge < -0.3 is 28.8 Å². The van der Waals surface area contributed by atoms with Crippen molar-refractivity contribution in [1.29, 1.82) is 0 Å². The van der Waals surface area contributed by atoms with Crippen LogP contribution in [0.3, 0.4) is 0 Å². The molecule has 0 aromatic carbocycles. The quantitative estimate of drug-likeness (QED) is 0.0297. The standard InChI is InChI=1S/C38H77N2O6P/c1-6-8-10-12-14-16-18-19-20-21-22-24-26-28-30-32-38(42)39-36(35-46-47(43,44)45-34-33-40(3,4)5)37(41)31-29-27-25-23-17-15-13-11-9-7-2/h19-20,36-37,41H,6-18,21-35H2,1-5H3,(H-,39,42,43,44)/b20-19-. The van der Waals surface area contributed by atoms with Crippen molar-refractivity contribution < 1.29 is 32.9 Å². The maximum atomic E-state index is 12.8. The molecule has 0 rings (SSSR count). The van der Waals surface area contributed by atoms with Gasteiger partial charge in [-0.3, -0.25) is 9.36 Å². The number of hydrogen-bond donors (Lipinski definition) is 2. The van der Waals surface area contributed by atoms with Crippen molar-refractivity contribution >= 4 is 13.7 Å². The summed E-state index contributed by atoms with van der Waals surface area (Å²) < 4.78 is 23.1. The van der Waals surface area contributed by atoms with Crippen LogP contribution in [-0.4, -0.2) is 68.5 Å². The first-order valence-corrected chi connectivity index (χ1v) is 21.0. The first-order chi connectivity index (χ1) is 22.5. The fraction of sp³-hybridized carbons (Fsp3) is 0.921. The molecular weight excluding hydrogens is 611 g/mol. The molecule has 3 atom stereocenters. The molecule has 3 unspecified atom stereocenters. The van der Waals surface area contributed by atoms with Crippen molar-refractivity contribution in [2.75, 3.05) is 40.9 Å². The minimum absolute atomic E-state index is 0.0118. The Morgan fingerprint density at radius 3 is 1.66 bits per heavy atom. The summed E-state index contributed by atoms with van der Waals surface area (Å²) in [7, 11) is 1.30. The maximum absolute atomic E-state index is 12.8. The number of hydrogen-bond acceptors (Lipinski definition) is 6. The van der Waals surface area contributed by atoms with E-state index in [1.807, 2.05) is 21.1 Å². The van der Waals surface area contributed by atoms with Gasteiger partial charge in [0.1, 0.15) is 13.2 Å². The summed E-state index contributed by atoms with van der Waals surface area (Å²) >= 11 is 0. The average Bonchev–Trinajstić information content (AvgIpc) is 3.01.